The zero-order chi connectivity index (χ0) is 14.1. The van der Waals surface area contributed by atoms with E-state index in [2.05, 4.69) is 23.3 Å². The van der Waals surface area contributed by atoms with Gasteiger partial charge in [0.2, 0.25) is 11.8 Å². The van der Waals surface area contributed by atoms with Gasteiger partial charge in [-0.3, -0.25) is 9.59 Å². The summed E-state index contributed by atoms with van der Waals surface area (Å²) in [5, 5.41) is 5.01. The van der Waals surface area contributed by atoms with E-state index in [-0.39, 0.29) is 24.1 Å². The molecule has 0 saturated heterocycles. The lowest BCUT2D eigenvalue weighted by Gasteiger charge is -2.24. The van der Waals surface area contributed by atoms with Crippen LogP contribution in [-0.2, 0) is 14.4 Å². The van der Waals surface area contributed by atoms with Crippen LogP contribution in [0, 0.1) is 5.92 Å². The van der Waals surface area contributed by atoms with Crippen molar-refractivity contribution in [2.75, 3.05) is 12.3 Å². The van der Waals surface area contributed by atoms with Gasteiger partial charge in [-0.2, -0.15) is 12.6 Å². The van der Waals surface area contributed by atoms with Crippen LogP contribution in [0.2, 0.25) is 0 Å². The van der Waals surface area contributed by atoms with E-state index in [9.17, 15) is 14.4 Å². The summed E-state index contributed by atoms with van der Waals surface area (Å²) < 4.78 is 0. The minimum atomic E-state index is -0.751. The van der Waals surface area contributed by atoms with Crippen molar-refractivity contribution in [3.63, 3.8) is 0 Å². The van der Waals surface area contributed by atoms with Crippen LogP contribution in [0.5, 0.6) is 0 Å². The van der Waals surface area contributed by atoms with Gasteiger partial charge in [0.1, 0.15) is 12.3 Å². The molecule has 0 unspecified atom stereocenters. The minimum Gasteiger partial charge on any atom is -0.348 e. The topological polar surface area (TPSA) is 101 Å². The molecule has 0 spiro atoms. The van der Waals surface area contributed by atoms with E-state index in [0.717, 1.165) is 6.42 Å². The van der Waals surface area contributed by atoms with Crippen molar-refractivity contribution >= 4 is 30.7 Å². The lowest BCUT2D eigenvalue weighted by atomic mass is 9.98. The van der Waals surface area contributed by atoms with Gasteiger partial charge in [0.15, 0.2) is 0 Å². The fourth-order valence-electron chi connectivity index (χ4n) is 1.30. The van der Waals surface area contributed by atoms with Crippen molar-refractivity contribution < 1.29 is 14.4 Å². The molecule has 7 heteroatoms. The van der Waals surface area contributed by atoms with Crippen LogP contribution >= 0.6 is 12.6 Å². The SMILES string of the molecule is CC[C@H](C)[C@H](NC(=O)[C@@H](N)CS)C(=O)NCC=O. The molecule has 0 rings (SSSR count). The summed E-state index contributed by atoms with van der Waals surface area (Å²) >= 11 is 3.93. The van der Waals surface area contributed by atoms with Gasteiger partial charge in [0, 0.05) is 5.75 Å². The van der Waals surface area contributed by atoms with Crippen molar-refractivity contribution in [1.29, 1.82) is 0 Å². The Kier molecular flexibility index (Phi) is 8.40. The summed E-state index contributed by atoms with van der Waals surface area (Å²) in [5.41, 5.74) is 5.53. The fourth-order valence-corrected chi connectivity index (χ4v) is 1.46. The number of nitrogens with two attached hydrogens (primary N) is 1. The molecule has 18 heavy (non-hydrogen) atoms. The first-order valence-corrected chi connectivity index (χ1v) is 6.49. The Bertz CT molecular complexity index is 299. The molecule has 0 bridgehead atoms. The first-order chi connectivity index (χ1) is 8.47. The Morgan fingerprint density at radius 1 is 1.39 bits per heavy atom. The number of carbonyl (C=O) groups excluding carboxylic acids is 3. The predicted octanol–water partition coefficient (Wildman–Crippen LogP) is -0.910. The number of amides is 2. The van der Waals surface area contributed by atoms with E-state index in [0.29, 0.717) is 6.29 Å². The van der Waals surface area contributed by atoms with Gasteiger partial charge >= 0.3 is 0 Å². The third-order valence-electron chi connectivity index (χ3n) is 2.69. The zero-order valence-corrected chi connectivity index (χ0v) is 11.6. The highest BCUT2D eigenvalue weighted by Crippen LogP contribution is 2.08. The zero-order valence-electron chi connectivity index (χ0n) is 10.7. The third-order valence-corrected chi connectivity index (χ3v) is 3.08. The molecule has 0 radical (unpaired) electrons. The summed E-state index contributed by atoms with van der Waals surface area (Å²) in [4.78, 5) is 33.7. The Morgan fingerprint density at radius 3 is 2.44 bits per heavy atom. The standard InChI is InChI=1S/C11H21N3O3S/c1-3-7(2)9(11(17)13-4-5-15)14-10(16)8(12)6-18/h5,7-9,18H,3-4,6,12H2,1-2H3,(H,13,17)(H,14,16)/t7-,8-,9-/m0/s1. The number of thiol groups is 1. The normalized spacial score (nSPS) is 15.3. The number of carbonyl (C=O) groups is 3. The number of hydrogen-bond donors (Lipinski definition) is 4. The molecule has 0 saturated carbocycles. The second-order valence-corrected chi connectivity index (χ2v) is 4.44. The van der Waals surface area contributed by atoms with Crippen LogP contribution in [-0.4, -0.2) is 42.5 Å². The number of rotatable bonds is 8. The van der Waals surface area contributed by atoms with Crippen molar-refractivity contribution in [2.24, 2.45) is 11.7 Å². The quantitative estimate of drug-likeness (QED) is 0.340. The first kappa shape index (κ1) is 16.9. The van der Waals surface area contributed by atoms with Crippen LogP contribution in [0.25, 0.3) is 0 Å². The molecule has 4 N–H and O–H groups in total. The first-order valence-electron chi connectivity index (χ1n) is 5.86. The van der Waals surface area contributed by atoms with Gasteiger partial charge in [-0.1, -0.05) is 20.3 Å². The summed E-state index contributed by atoms with van der Waals surface area (Å²) in [6.07, 6.45) is 1.31. The molecule has 0 aromatic rings. The Hall–Kier alpha value is -1.08. The molecule has 0 aromatic heterocycles. The van der Waals surface area contributed by atoms with E-state index in [1.165, 1.54) is 0 Å². The van der Waals surface area contributed by atoms with Gasteiger partial charge < -0.3 is 21.2 Å². The summed E-state index contributed by atoms with van der Waals surface area (Å²) in [7, 11) is 0. The molecule has 3 atom stereocenters. The highest BCUT2D eigenvalue weighted by atomic mass is 32.1. The number of nitrogens with one attached hydrogen (secondary N) is 2. The molecular formula is C11H21N3O3S. The maximum absolute atomic E-state index is 11.8. The van der Waals surface area contributed by atoms with E-state index in [4.69, 9.17) is 5.73 Å². The van der Waals surface area contributed by atoms with Crippen LogP contribution in [0.4, 0.5) is 0 Å². The number of aldehydes is 1. The molecule has 6 nitrogen and oxygen atoms in total. The van der Waals surface area contributed by atoms with Crippen LogP contribution in [0.1, 0.15) is 20.3 Å². The van der Waals surface area contributed by atoms with Crippen LogP contribution < -0.4 is 16.4 Å². The van der Waals surface area contributed by atoms with E-state index >= 15 is 0 Å². The van der Waals surface area contributed by atoms with Crippen molar-refractivity contribution in [2.45, 2.75) is 32.4 Å². The monoisotopic (exact) mass is 275 g/mol. The average molecular weight is 275 g/mol. The smallest absolute Gasteiger partial charge is 0.243 e. The van der Waals surface area contributed by atoms with Crippen molar-refractivity contribution in [3.05, 3.63) is 0 Å². The lowest BCUT2D eigenvalue weighted by Crippen LogP contribution is -2.54. The highest BCUT2D eigenvalue weighted by molar-refractivity contribution is 7.80. The number of hydrogen-bond acceptors (Lipinski definition) is 5. The van der Waals surface area contributed by atoms with E-state index in [1.807, 2.05) is 13.8 Å². The van der Waals surface area contributed by atoms with Gasteiger partial charge in [0.05, 0.1) is 12.6 Å². The van der Waals surface area contributed by atoms with Crippen molar-refractivity contribution in [1.82, 2.24) is 10.6 Å². The van der Waals surface area contributed by atoms with Crippen LogP contribution in [0.15, 0.2) is 0 Å². The van der Waals surface area contributed by atoms with E-state index in [1.54, 1.807) is 0 Å². The Labute approximate surface area is 112 Å². The fraction of sp³-hybridized carbons (Fsp3) is 0.727. The molecule has 2 amide bonds. The van der Waals surface area contributed by atoms with Crippen molar-refractivity contribution in [3.8, 4) is 0 Å². The molecule has 0 heterocycles. The maximum Gasteiger partial charge on any atom is 0.243 e. The molecule has 0 aliphatic heterocycles. The molecule has 0 fully saturated rings. The average Bonchev–Trinajstić information content (AvgIpc) is 2.39. The summed E-state index contributed by atoms with van der Waals surface area (Å²) in [6, 6.07) is -1.44. The molecule has 104 valence electrons. The third kappa shape index (κ3) is 5.50. The van der Waals surface area contributed by atoms with Gasteiger partial charge in [-0.05, 0) is 5.92 Å². The highest BCUT2D eigenvalue weighted by Gasteiger charge is 2.27. The molecule has 0 aliphatic carbocycles. The van der Waals surface area contributed by atoms with Crippen LogP contribution in [0.3, 0.4) is 0 Å². The Balaban J connectivity index is 4.63. The second-order valence-electron chi connectivity index (χ2n) is 4.07. The van der Waals surface area contributed by atoms with Gasteiger partial charge in [0.25, 0.3) is 0 Å². The minimum absolute atomic E-state index is 0.0484. The largest absolute Gasteiger partial charge is 0.348 e. The summed E-state index contributed by atoms with van der Waals surface area (Å²) in [5.74, 6) is -0.643. The maximum atomic E-state index is 11.8. The molecular weight excluding hydrogens is 254 g/mol. The lowest BCUT2D eigenvalue weighted by molar-refractivity contribution is -0.130. The molecule has 0 aromatic carbocycles. The second kappa shape index (κ2) is 8.93. The summed E-state index contributed by atoms with van der Waals surface area (Å²) in [6.45, 7) is 3.69. The predicted molar refractivity (Wildman–Crippen MR) is 72.3 cm³/mol. The van der Waals surface area contributed by atoms with Gasteiger partial charge in [-0.25, -0.2) is 0 Å². The van der Waals surface area contributed by atoms with Gasteiger partial charge in [-0.15, -0.1) is 0 Å². The Morgan fingerprint density at radius 2 is 2.00 bits per heavy atom. The van der Waals surface area contributed by atoms with E-state index < -0.39 is 18.0 Å². The molecule has 0 aliphatic rings.